The number of anilines is 2. The summed E-state index contributed by atoms with van der Waals surface area (Å²) in [4.78, 5) is 57.0. The van der Waals surface area contributed by atoms with Crippen molar-refractivity contribution < 1.29 is 42.5 Å². The van der Waals surface area contributed by atoms with E-state index >= 15 is 0 Å². The molecule has 0 bridgehead atoms. The zero-order chi connectivity index (χ0) is 34.9. The van der Waals surface area contributed by atoms with Crippen molar-refractivity contribution >= 4 is 41.3 Å². The quantitative estimate of drug-likeness (QED) is 0.200. The number of hydrogen-bond acceptors (Lipinski definition) is 10. The fourth-order valence-electron chi connectivity index (χ4n) is 5.22. The Hall–Kier alpha value is -5.61. The molecule has 1 aromatic carbocycles. The molecule has 1 unspecified atom stereocenters. The summed E-state index contributed by atoms with van der Waals surface area (Å²) >= 11 is 0. The molecule has 1 saturated heterocycles. The van der Waals surface area contributed by atoms with E-state index in [1.807, 2.05) is 25.7 Å². The summed E-state index contributed by atoms with van der Waals surface area (Å²) in [6.07, 6.45) is -1.60. The number of nitrogens with one attached hydrogen (secondary N) is 1. The number of aromatic nitrogens is 5. The lowest BCUT2D eigenvalue weighted by Crippen LogP contribution is -2.59. The lowest BCUT2D eigenvalue weighted by atomic mass is 9.84. The Morgan fingerprint density at radius 3 is 2.40 bits per heavy atom. The molecule has 17 heteroatoms. The van der Waals surface area contributed by atoms with Crippen LogP contribution in [-0.2, 0) is 9.47 Å². The fraction of sp³-hybridized carbons (Fsp3) is 0.387. The predicted octanol–water partition coefficient (Wildman–Crippen LogP) is 5.02. The van der Waals surface area contributed by atoms with E-state index in [2.05, 4.69) is 25.2 Å². The predicted molar refractivity (Wildman–Crippen MR) is 167 cm³/mol. The molecule has 0 radical (unpaired) electrons. The van der Waals surface area contributed by atoms with Gasteiger partial charge in [-0.1, -0.05) is 20.8 Å². The summed E-state index contributed by atoms with van der Waals surface area (Å²) in [5.41, 5.74) is -0.812. The van der Waals surface area contributed by atoms with Crippen molar-refractivity contribution in [3.8, 4) is 5.69 Å². The first-order valence-electron chi connectivity index (χ1n) is 14.9. The summed E-state index contributed by atoms with van der Waals surface area (Å²) in [6, 6.07) is 6.93. The third kappa shape index (κ3) is 7.19. The number of ether oxygens (including phenoxy) is 2. The molecule has 2 amide bonds. The Balaban J connectivity index is 1.37. The second kappa shape index (κ2) is 13.2. The van der Waals surface area contributed by atoms with E-state index in [9.17, 15) is 33.1 Å². The standard InChI is InChI=1S/C31H34F2N8O7/c1-17(2)47-30(46)48-28(43)18-6-8-19(9-7-18)41-15-21(24(37-41)25(32)33)35-27(42)20-14-34-40-11-10-23(36-26(20)40)39-13-12-38(29(44)45)16-22(39)31(3,4)5/h6-11,14-15,17,22,25H,12-13,16H2,1-5H3,(H,35,42)(H,44,45). The number of rotatable bonds is 7. The van der Waals surface area contributed by atoms with Crippen molar-refractivity contribution in [3.05, 3.63) is 65.7 Å². The molecule has 1 aliphatic rings. The summed E-state index contributed by atoms with van der Waals surface area (Å²) < 4.78 is 40.0. The lowest BCUT2D eigenvalue weighted by molar-refractivity contribution is 0.0283. The average Bonchev–Trinajstić information content (AvgIpc) is 3.64. The highest BCUT2D eigenvalue weighted by molar-refractivity contribution is 6.08. The van der Waals surface area contributed by atoms with Gasteiger partial charge in [0.15, 0.2) is 11.3 Å². The number of halogens is 2. The zero-order valence-electron chi connectivity index (χ0n) is 26.8. The van der Waals surface area contributed by atoms with Crippen LogP contribution >= 0.6 is 0 Å². The normalized spacial score (nSPS) is 15.2. The monoisotopic (exact) mass is 668 g/mol. The molecule has 48 heavy (non-hydrogen) atoms. The van der Waals surface area contributed by atoms with Gasteiger partial charge in [0.2, 0.25) is 0 Å². The van der Waals surface area contributed by atoms with Crippen molar-refractivity contribution in [3.63, 3.8) is 0 Å². The largest absolute Gasteiger partial charge is 0.516 e. The fourth-order valence-corrected chi connectivity index (χ4v) is 5.22. The van der Waals surface area contributed by atoms with E-state index in [4.69, 9.17) is 4.74 Å². The SMILES string of the molecule is CC(C)OC(=O)OC(=O)c1ccc(-n2cc(NC(=O)c3cnn4ccc(N5CCN(C(=O)O)CC5C(C)(C)C)nc34)c(C(F)F)n2)cc1. The summed E-state index contributed by atoms with van der Waals surface area (Å²) in [7, 11) is 0. The Bertz CT molecular complexity index is 1850. The van der Waals surface area contributed by atoms with E-state index in [1.165, 1.54) is 46.1 Å². The van der Waals surface area contributed by atoms with E-state index in [0.29, 0.717) is 12.4 Å². The number of hydrogen-bond donors (Lipinski definition) is 2. The molecule has 2 N–H and O–H groups in total. The number of nitrogens with zero attached hydrogens (tertiary/aromatic N) is 7. The molecular weight excluding hydrogens is 634 g/mol. The van der Waals surface area contributed by atoms with E-state index in [1.54, 1.807) is 26.1 Å². The van der Waals surface area contributed by atoms with Crippen molar-refractivity contribution in [2.24, 2.45) is 5.41 Å². The number of amides is 2. The number of esters is 1. The van der Waals surface area contributed by atoms with Crippen LogP contribution in [0.15, 0.2) is 48.9 Å². The Labute approximate surface area is 273 Å². The number of fused-ring (bicyclic) bond motifs is 1. The molecular formula is C31H34F2N8O7. The molecule has 0 aliphatic carbocycles. The molecule has 4 aromatic rings. The first kappa shape index (κ1) is 33.7. The second-order valence-electron chi connectivity index (χ2n) is 12.4. The van der Waals surface area contributed by atoms with Gasteiger partial charge in [0.1, 0.15) is 11.4 Å². The molecule has 1 fully saturated rings. The maximum absolute atomic E-state index is 14.0. The van der Waals surface area contributed by atoms with Crippen molar-refractivity contribution in [2.45, 2.75) is 53.2 Å². The van der Waals surface area contributed by atoms with Crippen LogP contribution < -0.4 is 10.2 Å². The number of benzene rings is 1. The maximum Gasteiger partial charge on any atom is 0.516 e. The van der Waals surface area contributed by atoms with Gasteiger partial charge < -0.3 is 29.7 Å². The van der Waals surface area contributed by atoms with Gasteiger partial charge in [0.05, 0.1) is 41.5 Å². The van der Waals surface area contributed by atoms with Gasteiger partial charge in [-0.05, 0) is 49.6 Å². The van der Waals surface area contributed by atoms with Gasteiger partial charge in [-0.3, -0.25) is 4.79 Å². The number of carboxylic acid groups (broad SMARTS) is 1. The Morgan fingerprint density at radius 2 is 1.77 bits per heavy atom. The Kier molecular flexibility index (Phi) is 9.31. The zero-order valence-corrected chi connectivity index (χ0v) is 26.8. The van der Waals surface area contributed by atoms with E-state index in [-0.39, 0.29) is 52.7 Å². The number of carbonyl (C=O) groups excluding carboxylic acids is 3. The molecule has 5 rings (SSSR count). The van der Waals surface area contributed by atoms with Crippen LogP contribution in [0, 0.1) is 5.41 Å². The van der Waals surface area contributed by atoms with Crippen LogP contribution in [0.25, 0.3) is 11.3 Å². The second-order valence-corrected chi connectivity index (χ2v) is 12.4. The first-order chi connectivity index (χ1) is 22.6. The van der Waals surface area contributed by atoms with Crippen LogP contribution in [0.5, 0.6) is 0 Å². The van der Waals surface area contributed by atoms with E-state index in [0.717, 1.165) is 4.68 Å². The number of carbonyl (C=O) groups is 4. The van der Waals surface area contributed by atoms with Crippen LogP contribution in [0.1, 0.15) is 67.5 Å². The van der Waals surface area contributed by atoms with Gasteiger partial charge >= 0.3 is 18.2 Å². The molecule has 254 valence electrons. The van der Waals surface area contributed by atoms with Gasteiger partial charge in [-0.15, -0.1) is 0 Å². The average molecular weight is 669 g/mol. The number of piperazine rings is 1. The van der Waals surface area contributed by atoms with Crippen LogP contribution in [0.2, 0.25) is 0 Å². The topological polar surface area (TPSA) is 173 Å². The van der Waals surface area contributed by atoms with Crippen molar-refractivity contribution in [1.82, 2.24) is 29.3 Å². The first-order valence-corrected chi connectivity index (χ1v) is 14.9. The molecule has 0 saturated carbocycles. The molecule has 0 spiro atoms. The van der Waals surface area contributed by atoms with Gasteiger partial charge in [0.25, 0.3) is 12.3 Å². The van der Waals surface area contributed by atoms with E-state index < -0.39 is 42.3 Å². The highest BCUT2D eigenvalue weighted by Gasteiger charge is 2.38. The third-order valence-electron chi connectivity index (χ3n) is 7.62. The highest BCUT2D eigenvalue weighted by atomic mass is 19.3. The van der Waals surface area contributed by atoms with Gasteiger partial charge in [-0.25, -0.2) is 37.3 Å². The molecule has 4 heterocycles. The van der Waals surface area contributed by atoms with Crippen LogP contribution in [0.4, 0.5) is 29.9 Å². The smallest absolute Gasteiger partial charge is 0.465 e. The highest BCUT2D eigenvalue weighted by Crippen LogP contribution is 2.32. The summed E-state index contributed by atoms with van der Waals surface area (Å²) in [5, 5.41) is 20.2. The Morgan fingerprint density at radius 1 is 1.06 bits per heavy atom. The maximum atomic E-state index is 14.0. The van der Waals surface area contributed by atoms with Gasteiger partial charge in [-0.2, -0.15) is 10.2 Å². The summed E-state index contributed by atoms with van der Waals surface area (Å²) in [6.45, 7) is 10.1. The van der Waals surface area contributed by atoms with Crippen molar-refractivity contribution in [1.29, 1.82) is 0 Å². The minimum Gasteiger partial charge on any atom is -0.465 e. The minimum atomic E-state index is -3.05. The molecule has 1 atom stereocenters. The number of alkyl halides is 2. The third-order valence-corrected chi connectivity index (χ3v) is 7.62. The minimum absolute atomic E-state index is 0.00626. The molecule has 1 aliphatic heterocycles. The summed E-state index contributed by atoms with van der Waals surface area (Å²) in [5.74, 6) is -1.21. The lowest BCUT2D eigenvalue weighted by Gasteiger charge is -2.47. The molecule has 3 aromatic heterocycles. The van der Waals surface area contributed by atoms with Crippen LogP contribution in [-0.4, -0.2) is 90.3 Å². The van der Waals surface area contributed by atoms with Crippen molar-refractivity contribution in [2.75, 3.05) is 29.9 Å². The molecule has 15 nitrogen and oxygen atoms in total. The van der Waals surface area contributed by atoms with Gasteiger partial charge in [0, 0.05) is 25.8 Å². The van der Waals surface area contributed by atoms with Crippen LogP contribution in [0.3, 0.4) is 0 Å².